The van der Waals surface area contributed by atoms with Crippen molar-refractivity contribution in [1.82, 2.24) is 0 Å². The van der Waals surface area contributed by atoms with Gasteiger partial charge in [-0.3, -0.25) is 0 Å². The van der Waals surface area contributed by atoms with Crippen molar-refractivity contribution in [3.05, 3.63) is 93.6 Å². The van der Waals surface area contributed by atoms with Crippen molar-refractivity contribution in [2.45, 2.75) is 65.7 Å². The summed E-state index contributed by atoms with van der Waals surface area (Å²) < 4.78 is 29.2. The molecule has 8 nitrogen and oxygen atoms in total. The number of nitrogens with zero attached hydrogens (tertiary/aromatic N) is 1. The lowest BCUT2D eigenvalue weighted by Gasteiger charge is -2.27. The van der Waals surface area contributed by atoms with Crippen LogP contribution in [0.25, 0.3) is 11.0 Å². The zero-order valence-corrected chi connectivity index (χ0v) is 25.9. The summed E-state index contributed by atoms with van der Waals surface area (Å²) in [7, 11) is 1.59. The van der Waals surface area contributed by atoms with E-state index < -0.39 is 11.9 Å². The number of fused-ring (bicyclic) bond motifs is 2. The number of ether oxygens (including phenoxy) is 4. The normalized spacial score (nSPS) is 14.1. The second kappa shape index (κ2) is 13.2. The van der Waals surface area contributed by atoms with Gasteiger partial charge >= 0.3 is 5.97 Å². The number of rotatable bonds is 11. The zero-order chi connectivity index (χ0) is 31.4. The molecule has 0 bridgehead atoms. The second-order valence-electron chi connectivity index (χ2n) is 11.1. The smallest absolute Gasteiger partial charge is 0.379 e. The number of hydrogen-bond donors (Lipinski definition) is 1. The van der Waals surface area contributed by atoms with Crippen LogP contribution in [0.1, 0.15) is 83.3 Å². The molecule has 1 aliphatic heterocycles. The molecule has 3 aromatic carbocycles. The van der Waals surface area contributed by atoms with Crippen LogP contribution >= 0.6 is 0 Å². The van der Waals surface area contributed by atoms with Gasteiger partial charge in [0.1, 0.15) is 28.7 Å². The average molecular weight is 595 g/mol. The Hall–Kier alpha value is -4.90. The van der Waals surface area contributed by atoms with Gasteiger partial charge < -0.3 is 29.1 Å². The molecule has 0 saturated heterocycles. The Labute approximate surface area is 258 Å². The van der Waals surface area contributed by atoms with Crippen LogP contribution in [0, 0.1) is 32.1 Å². The molecule has 1 atom stereocenters. The molecule has 2 heterocycles. The highest BCUT2D eigenvalue weighted by atomic mass is 16.5. The van der Waals surface area contributed by atoms with E-state index in [2.05, 4.69) is 13.0 Å². The first-order valence-corrected chi connectivity index (χ1v) is 15.0. The number of hydrogen-bond acceptors (Lipinski definition) is 8. The molecule has 0 spiro atoms. The van der Waals surface area contributed by atoms with E-state index in [-0.39, 0.29) is 23.0 Å². The van der Waals surface area contributed by atoms with Crippen molar-refractivity contribution >= 4 is 16.9 Å². The van der Waals surface area contributed by atoms with Gasteiger partial charge in [-0.05, 0) is 62.1 Å². The summed E-state index contributed by atoms with van der Waals surface area (Å²) in [5.41, 5.74) is 11.4. The molecule has 1 unspecified atom stereocenters. The number of esters is 1. The number of carbonyl (C=O) groups excluding carboxylic acids is 1. The third kappa shape index (κ3) is 5.96. The SMILES string of the molecule is CCCCCCCOc1ccc(C2C(C#N)=C(N)Oc3cc(OC(=O)c4oc5c(C)c(C)ccc5c4C)ccc32)cc1OC. The summed E-state index contributed by atoms with van der Waals surface area (Å²) in [4.78, 5) is 13.2. The van der Waals surface area contributed by atoms with Crippen LogP contribution in [0.5, 0.6) is 23.0 Å². The van der Waals surface area contributed by atoms with E-state index in [9.17, 15) is 10.1 Å². The van der Waals surface area contributed by atoms with Gasteiger partial charge in [-0.15, -0.1) is 0 Å². The third-order valence-corrected chi connectivity index (χ3v) is 8.24. The molecule has 2 N–H and O–H groups in total. The molecule has 228 valence electrons. The molecular formula is C36H38N2O6. The minimum atomic E-state index is -0.616. The lowest BCUT2D eigenvalue weighted by molar-refractivity contribution is 0.0702. The highest BCUT2D eigenvalue weighted by Crippen LogP contribution is 2.45. The van der Waals surface area contributed by atoms with Crippen LogP contribution in [0.3, 0.4) is 0 Å². The third-order valence-electron chi connectivity index (χ3n) is 8.24. The van der Waals surface area contributed by atoms with Crippen molar-refractivity contribution < 1.29 is 28.2 Å². The number of carbonyl (C=O) groups is 1. The Kier molecular flexibility index (Phi) is 9.15. The fourth-order valence-corrected chi connectivity index (χ4v) is 5.58. The molecule has 8 heteroatoms. The van der Waals surface area contributed by atoms with Gasteiger partial charge in [0, 0.05) is 22.6 Å². The van der Waals surface area contributed by atoms with E-state index in [1.807, 2.05) is 51.1 Å². The Morgan fingerprint density at radius 2 is 1.77 bits per heavy atom. The van der Waals surface area contributed by atoms with E-state index in [1.54, 1.807) is 25.3 Å². The number of methoxy groups -OCH3 is 1. The van der Waals surface area contributed by atoms with Gasteiger partial charge in [0.2, 0.25) is 11.6 Å². The van der Waals surface area contributed by atoms with Crippen molar-refractivity contribution in [2.75, 3.05) is 13.7 Å². The topological polar surface area (TPSA) is 117 Å². The number of allylic oxidation sites excluding steroid dienone is 1. The summed E-state index contributed by atoms with van der Waals surface area (Å²) in [6, 6.07) is 16.8. The first kappa shape index (κ1) is 30.6. The van der Waals surface area contributed by atoms with Crippen LogP contribution in [0.4, 0.5) is 0 Å². The first-order valence-electron chi connectivity index (χ1n) is 15.0. The monoisotopic (exact) mass is 594 g/mol. The van der Waals surface area contributed by atoms with Gasteiger partial charge in [0.05, 0.1) is 19.6 Å². The van der Waals surface area contributed by atoms with E-state index in [0.29, 0.717) is 40.6 Å². The maximum absolute atomic E-state index is 13.2. The van der Waals surface area contributed by atoms with E-state index >= 15 is 0 Å². The number of nitrogens with two attached hydrogens (primary N) is 1. The maximum atomic E-state index is 13.2. The number of unbranched alkanes of at least 4 members (excludes halogenated alkanes) is 4. The molecule has 1 aromatic heterocycles. The van der Waals surface area contributed by atoms with Crippen LogP contribution < -0.4 is 24.7 Å². The number of furan rings is 1. The van der Waals surface area contributed by atoms with Crippen molar-refractivity contribution in [2.24, 2.45) is 5.73 Å². The fraction of sp³-hybridized carbons (Fsp3) is 0.333. The highest BCUT2D eigenvalue weighted by Gasteiger charge is 2.32. The minimum Gasteiger partial charge on any atom is -0.493 e. The van der Waals surface area contributed by atoms with Gasteiger partial charge in [-0.2, -0.15) is 5.26 Å². The van der Waals surface area contributed by atoms with Gasteiger partial charge in [-0.1, -0.05) is 56.9 Å². The minimum absolute atomic E-state index is 0.0150. The van der Waals surface area contributed by atoms with Gasteiger partial charge in [0.25, 0.3) is 0 Å². The standard InChI is InChI=1S/C36H38N2O6/c1-6-7-8-9-10-17-41-29-16-12-24(18-31(29)40-5)32-27-15-13-25(19-30(27)43-35(38)28(32)20-37)42-36(39)34-23(4)26-14-11-21(2)22(3)33(26)44-34/h11-16,18-19,32H,6-10,17,38H2,1-5H3. The molecule has 0 radical (unpaired) electrons. The Morgan fingerprint density at radius 1 is 0.977 bits per heavy atom. The summed E-state index contributed by atoms with van der Waals surface area (Å²) >= 11 is 0. The molecule has 0 aliphatic carbocycles. The largest absolute Gasteiger partial charge is 0.493 e. The van der Waals surface area contributed by atoms with E-state index in [4.69, 9.17) is 29.1 Å². The van der Waals surface area contributed by atoms with Gasteiger partial charge in [-0.25, -0.2) is 4.79 Å². The van der Waals surface area contributed by atoms with Crippen LogP contribution in [0.15, 0.2) is 64.4 Å². The van der Waals surface area contributed by atoms with Gasteiger partial charge in [0.15, 0.2) is 11.5 Å². The Morgan fingerprint density at radius 3 is 2.52 bits per heavy atom. The predicted molar refractivity (Wildman–Crippen MR) is 168 cm³/mol. The summed E-state index contributed by atoms with van der Waals surface area (Å²) in [6.07, 6.45) is 5.72. The molecule has 0 amide bonds. The van der Waals surface area contributed by atoms with E-state index in [0.717, 1.165) is 34.9 Å². The first-order chi connectivity index (χ1) is 21.3. The summed E-state index contributed by atoms with van der Waals surface area (Å²) in [5.74, 6) is 0.847. The number of nitriles is 1. The van der Waals surface area contributed by atoms with Crippen LogP contribution in [-0.2, 0) is 0 Å². The maximum Gasteiger partial charge on any atom is 0.379 e. The molecule has 5 rings (SSSR count). The zero-order valence-electron chi connectivity index (χ0n) is 25.9. The number of benzene rings is 3. The number of aryl methyl sites for hydroxylation is 3. The van der Waals surface area contributed by atoms with Crippen molar-refractivity contribution in [3.63, 3.8) is 0 Å². The predicted octanol–water partition coefficient (Wildman–Crippen LogP) is 8.15. The second-order valence-corrected chi connectivity index (χ2v) is 11.1. The summed E-state index contributed by atoms with van der Waals surface area (Å²) in [5, 5.41) is 10.9. The van der Waals surface area contributed by atoms with Crippen LogP contribution in [0.2, 0.25) is 0 Å². The molecule has 0 fully saturated rings. The lowest BCUT2D eigenvalue weighted by Crippen LogP contribution is -2.21. The molecule has 1 aliphatic rings. The fourth-order valence-electron chi connectivity index (χ4n) is 5.58. The Bertz CT molecular complexity index is 1780. The lowest BCUT2D eigenvalue weighted by atomic mass is 9.83. The molecule has 44 heavy (non-hydrogen) atoms. The highest BCUT2D eigenvalue weighted by molar-refractivity contribution is 5.98. The molecule has 0 saturated carbocycles. The molecular weight excluding hydrogens is 556 g/mol. The average Bonchev–Trinajstić information content (AvgIpc) is 3.36. The quantitative estimate of drug-likeness (QED) is 0.105. The molecule has 4 aromatic rings. The van der Waals surface area contributed by atoms with Crippen molar-refractivity contribution in [3.8, 4) is 29.1 Å². The van der Waals surface area contributed by atoms with Crippen molar-refractivity contribution in [1.29, 1.82) is 5.26 Å². The van der Waals surface area contributed by atoms with Crippen LogP contribution in [-0.4, -0.2) is 19.7 Å². The van der Waals surface area contributed by atoms with E-state index in [1.165, 1.54) is 19.3 Å². The Balaban J connectivity index is 1.40. The summed E-state index contributed by atoms with van der Waals surface area (Å²) in [6.45, 7) is 8.60.